The number of thiazole rings is 1. The van der Waals surface area contributed by atoms with E-state index in [1.54, 1.807) is 24.3 Å². The molecule has 34 heavy (non-hydrogen) atoms. The van der Waals surface area contributed by atoms with Gasteiger partial charge in [0.1, 0.15) is 12.1 Å². The fourth-order valence-electron chi connectivity index (χ4n) is 4.41. The van der Waals surface area contributed by atoms with Gasteiger partial charge in [-0.05, 0) is 17.9 Å². The summed E-state index contributed by atoms with van der Waals surface area (Å²) in [6.45, 7) is 0. The number of methoxy groups -OCH3 is 1. The number of benzene rings is 1. The molecule has 1 aromatic carbocycles. The molecule has 2 aromatic rings. The van der Waals surface area contributed by atoms with Crippen LogP contribution in [0.1, 0.15) is 50.1 Å². The molecule has 0 bridgehead atoms. The number of ether oxygens (including phenoxy) is 2. The van der Waals surface area contributed by atoms with Crippen molar-refractivity contribution in [2.24, 2.45) is 5.92 Å². The number of nitrogens with zero attached hydrogens (tertiary/aromatic N) is 2. The predicted octanol–water partition coefficient (Wildman–Crippen LogP) is 3.86. The zero-order valence-electron chi connectivity index (χ0n) is 18.7. The zero-order chi connectivity index (χ0) is 24.1. The van der Waals surface area contributed by atoms with Crippen molar-refractivity contribution in [2.75, 3.05) is 12.4 Å². The van der Waals surface area contributed by atoms with Gasteiger partial charge in [-0.25, -0.2) is 14.5 Å². The van der Waals surface area contributed by atoms with Crippen LogP contribution < -0.4 is 15.4 Å². The Labute approximate surface area is 200 Å². The minimum atomic E-state index is -0.988. The molecule has 2 heterocycles. The van der Waals surface area contributed by atoms with E-state index < -0.39 is 36.1 Å². The van der Waals surface area contributed by atoms with Crippen molar-refractivity contribution in [2.45, 2.75) is 50.6 Å². The van der Waals surface area contributed by atoms with Crippen LogP contribution in [0.5, 0.6) is 5.88 Å². The number of carbonyl (C=O) groups excluding carboxylic acids is 4. The van der Waals surface area contributed by atoms with Gasteiger partial charge in [0.05, 0.1) is 12.5 Å². The lowest BCUT2D eigenvalue weighted by atomic mass is 9.84. The number of urea groups is 1. The first-order chi connectivity index (χ1) is 16.5. The Morgan fingerprint density at radius 2 is 1.94 bits per heavy atom. The van der Waals surface area contributed by atoms with E-state index in [4.69, 9.17) is 4.74 Å². The van der Waals surface area contributed by atoms with Crippen LogP contribution in [0.2, 0.25) is 0 Å². The number of rotatable bonds is 7. The molecule has 1 aromatic heterocycles. The maximum absolute atomic E-state index is 13.3. The highest BCUT2D eigenvalue weighted by Crippen LogP contribution is 2.32. The van der Waals surface area contributed by atoms with Crippen LogP contribution >= 0.6 is 11.3 Å². The number of nitrogens with one attached hydrogen (secondary N) is 2. The molecule has 1 saturated heterocycles. The van der Waals surface area contributed by atoms with Crippen molar-refractivity contribution in [1.82, 2.24) is 15.2 Å². The molecule has 180 valence electrons. The van der Waals surface area contributed by atoms with Crippen molar-refractivity contribution >= 4 is 40.5 Å². The standard InChI is InChI=1S/C23H26N4O6S/c1-32-23(31)33-17-13-34-21(24-17)26-19(28)16(12-14-8-4-2-5-9-14)27-20(29)18(25-22(27)30)15-10-6-3-7-11-15/h3,6-7,10-11,13-14,16,18H,2,4-5,8-9,12H2,1H3,(H,25,30)(H,24,26,28)/t16-,18-/m0/s1. The summed E-state index contributed by atoms with van der Waals surface area (Å²) in [7, 11) is 1.17. The first-order valence-corrected chi connectivity index (χ1v) is 12.0. The summed E-state index contributed by atoms with van der Waals surface area (Å²) >= 11 is 1.06. The largest absolute Gasteiger partial charge is 0.514 e. The summed E-state index contributed by atoms with van der Waals surface area (Å²) < 4.78 is 9.30. The van der Waals surface area contributed by atoms with Gasteiger partial charge < -0.3 is 20.1 Å². The predicted molar refractivity (Wildman–Crippen MR) is 123 cm³/mol. The van der Waals surface area contributed by atoms with Crippen LogP contribution in [0.3, 0.4) is 0 Å². The third-order valence-electron chi connectivity index (χ3n) is 6.07. The molecule has 0 spiro atoms. The molecule has 11 heteroatoms. The quantitative estimate of drug-likeness (QED) is 0.449. The van der Waals surface area contributed by atoms with Gasteiger partial charge in [0, 0.05) is 0 Å². The van der Waals surface area contributed by atoms with Crippen LogP contribution in [0, 0.1) is 5.92 Å². The molecule has 4 amide bonds. The average molecular weight is 487 g/mol. The number of hydrogen-bond acceptors (Lipinski definition) is 8. The van der Waals surface area contributed by atoms with Crippen LogP contribution in [0.15, 0.2) is 35.7 Å². The minimum Gasteiger partial charge on any atom is -0.437 e. The van der Waals surface area contributed by atoms with Gasteiger partial charge in [-0.15, -0.1) is 11.3 Å². The molecule has 2 atom stereocenters. The number of aromatic nitrogens is 1. The summed E-state index contributed by atoms with van der Waals surface area (Å²) in [5.74, 6) is -0.756. The van der Waals surface area contributed by atoms with Gasteiger partial charge in [-0.1, -0.05) is 62.4 Å². The SMILES string of the molecule is COC(=O)Oc1csc(NC(=O)[C@H](CC2CCCCC2)N2C(=O)N[C@@H](c3ccccc3)C2=O)n1. The number of imide groups is 1. The lowest BCUT2D eigenvalue weighted by Crippen LogP contribution is -2.48. The molecular formula is C23H26N4O6S. The Kier molecular flexibility index (Phi) is 7.41. The Morgan fingerprint density at radius 1 is 1.21 bits per heavy atom. The van der Waals surface area contributed by atoms with Crippen LogP contribution in [0.25, 0.3) is 0 Å². The molecule has 10 nitrogen and oxygen atoms in total. The van der Waals surface area contributed by atoms with Crippen molar-refractivity contribution in [1.29, 1.82) is 0 Å². The Bertz CT molecular complexity index is 1050. The number of hydrogen-bond donors (Lipinski definition) is 2. The van der Waals surface area contributed by atoms with Gasteiger partial charge >= 0.3 is 12.2 Å². The maximum Gasteiger partial charge on any atom is 0.514 e. The van der Waals surface area contributed by atoms with Gasteiger partial charge in [0.25, 0.3) is 5.91 Å². The Hall–Kier alpha value is -3.47. The van der Waals surface area contributed by atoms with Crippen LogP contribution in [-0.4, -0.2) is 47.0 Å². The van der Waals surface area contributed by atoms with Gasteiger partial charge in [-0.3, -0.25) is 9.59 Å². The second-order valence-electron chi connectivity index (χ2n) is 8.29. The molecule has 1 aliphatic carbocycles. The molecule has 2 fully saturated rings. The second-order valence-corrected chi connectivity index (χ2v) is 9.15. The van der Waals surface area contributed by atoms with E-state index in [0.717, 1.165) is 48.3 Å². The Morgan fingerprint density at radius 3 is 2.65 bits per heavy atom. The topological polar surface area (TPSA) is 127 Å². The summed E-state index contributed by atoms with van der Waals surface area (Å²) in [5, 5.41) is 7.02. The number of carbonyl (C=O) groups is 4. The van der Waals surface area contributed by atoms with Gasteiger partial charge in [-0.2, -0.15) is 4.98 Å². The molecule has 2 N–H and O–H groups in total. The lowest BCUT2D eigenvalue weighted by Gasteiger charge is -2.29. The highest BCUT2D eigenvalue weighted by atomic mass is 32.1. The molecule has 1 saturated carbocycles. The molecule has 2 aliphatic rings. The molecule has 0 radical (unpaired) electrons. The van der Waals surface area contributed by atoms with Gasteiger partial charge in [0.2, 0.25) is 11.8 Å². The van der Waals surface area contributed by atoms with E-state index in [9.17, 15) is 19.2 Å². The van der Waals surface area contributed by atoms with Crippen LogP contribution in [-0.2, 0) is 14.3 Å². The van der Waals surface area contributed by atoms with Crippen LogP contribution in [0.4, 0.5) is 14.7 Å². The Balaban J connectivity index is 1.54. The first kappa shape index (κ1) is 23.7. The van der Waals surface area contributed by atoms with Crippen molar-refractivity contribution in [3.63, 3.8) is 0 Å². The maximum atomic E-state index is 13.3. The third kappa shape index (κ3) is 5.36. The molecular weight excluding hydrogens is 460 g/mol. The van der Waals surface area contributed by atoms with Gasteiger partial charge in [0.15, 0.2) is 5.13 Å². The van der Waals surface area contributed by atoms with Crippen molar-refractivity contribution in [3.8, 4) is 5.88 Å². The summed E-state index contributed by atoms with van der Waals surface area (Å²) in [5.41, 5.74) is 0.657. The third-order valence-corrected chi connectivity index (χ3v) is 6.80. The monoisotopic (exact) mass is 486 g/mol. The fraction of sp³-hybridized carbons (Fsp3) is 0.435. The summed E-state index contributed by atoms with van der Waals surface area (Å²) in [6.07, 6.45) is 4.62. The van der Waals surface area contributed by atoms with E-state index >= 15 is 0 Å². The van der Waals surface area contributed by atoms with E-state index in [1.165, 1.54) is 12.5 Å². The smallest absolute Gasteiger partial charge is 0.437 e. The van der Waals surface area contributed by atoms with Crippen molar-refractivity contribution in [3.05, 3.63) is 41.3 Å². The minimum absolute atomic E-state index is 0.0184. The number of amides is 4. The first-order valence-electron chi connectivity index (χ1n) is 11.2. The molecule has 4 rings (SSSR count). The van der Waals surface area contributed by atoms with E-state index in [-0.39, 0.29) is 16.9 Å². The lowest BCUT2D eigenvalue weighted by molar-refractivity contribution is -0.134. The molecule has 1 aliphatic heterocycles. The normalized spacial score (nSPS) is 19.4. The molecule has 0 unspecified atom stereocenters. The van der Waals surface area contributed by atoms with E-state index in [2.05, 4.69) is 20.4 Å². The average Bonchev–Trinajstić information content (AvgIpc) is 3.41. The number of anilines is 1. The zero-order valence-corrected chi connectivity index (χ0v) is 19.5. The van der Waals surface area contributed by atoms with E-state index in [1.807, 2.05) is 6.07 Å². The second kappa shape index (κ2) is 10.6. The van der Waals surface area contributed by atoms with Crippen molar-refractivity contribution < 1.29 is 28.7 Å². The summed E-state index contributed by atoms with van der Waals surface area (Å²) in [6, 6.07) is 6.52. The fourth-order valence-corrected chi connectivity index (χ4v) is 5.02. The van der Waals surface area contributed by atoms with E-state index in [0.29, 0.717) is 12.0 Å². The highest BCUT2D eigenvalue weighted by molar-refractivity contribution is 7.14. The summed E-state index contributed by atoms with van der Waals surface area (Å²) in [4.78, 5) is 55.9. The highest BCUT2D eigenvalue weighted by Gasteiger charge is 2.46.